The van der Waals surface area contributed by atoms with Crippen molar-refractivity contribution < 1.29 is 9.53 Å². The van der Waals surface area contributed by atoms with E-state index in [1.807, 2.05) is 14.0 Å². The van der Waals surface area contributed by atoms with E-state index in [0.29, 0.717) is 47.6 Å². The lowest BCUT2D eigenvalue weighted by molar-refractivity contribution is 0.100. The monoisotopic (exact) mass is 570 g/mol. The van der Waals surface area contributed by atoms with Crippen molar-refractivity contribution in [2.45, 2.75) is 45.6 Å². The highest BCUT2D eigenvalue weighted by Crippen LogP contribution is 2.43. The van der Waals surface area contributed by atoms with Crippen molar-refractivity contribution in [3.63, 3.8) is 0 Å². The number of carbonyl (C=O) groups excluding carboxylic acids is 1. The lowest BCUT2D eigenvalue weighted by atomic mass is 9.97. The molecule has 6 rings (SSSR count). The number of ether oxygens (including phenoxy) is 1. The van der Waals surface area contributed by atoms with Crippen molar-refractivity contribution in [2.75, 3.05) is 56.0 Å². The van der Waals surface area contributed by atoms with E-state index in [-0.39, 0.29) is 5.91 Å². The van der Waals surface area contributed by atoms with Crippen LogP contribution < -0.4 is 19.9 Å². The normalized spacial score (nSPS) is 20.7. The van der Waals surface area contributed by atoms with Crippen molar-refractivity contribution >= 4 is 28.9 Å². The Hall–Kier alpha value is -3.92. The highest BCUT2D eigenvalue weighted by atomic mass is 16.5. The summed E-state index contributed by atoms with van der Waals surface area (Å²) in [5.41, 5.74) is 5.86. The van der Waals surface area contributed by atoms with Crippen LogP contribution in [0.1, 0.15) is 48.7 Å². The molecule has 42 heavy (non-hydrogen) atoms. The van der Waals surface area contributed by atoms with E-state index in [9.17, 15) is 4.79 Å². The molecule has 3 aliphatic rings. The summed E-state index contributed by atoms with van der Waals surface area (Å²) in [4.78, 5) is 29.9. The Morgan fingerprint density at radius 1 is 1.12 bits per heavy atom. The van der Waals surface area contributed by atoms with Gasteiger partial charge >= 0.3 is 0 Å². The van der Waals surface area contributed by atoms with Crippen molar-refractivity contribution in [1.82, 2.24) is 19.7 Å². The number of anilines is 3. The fourth-order valence-corrected chi connectivity index (χ4v) is 6.21. The van der Waals surface area contributed by atoms with Gasteiger partial charge in [0, 0.05) is 50.2 Å². The SMILES string of the molecule is Cc1cc2cc(n1)-c1cnn(C)c1OCCC[C@@H](C1CC1)CN1/C(=N/C2=O)Nc2ccc(N(C)[C@H](C)CN(C)C)cc21. The molecule has 1 aromatic carbocycles. The summed E-state index contributed by atoms with van der Waals surface area (Å²) in [5.74, 6) is 2.11. The molecule has 0 spiro atoms. The average molecular weight is 571 g/mol. The zero-order valence-corrected chi connectivity index (χ0v) is 25.6. The quantitative estimate of drug-likeness (QED) is 0.468. The Kier molecular flexibility index (Phi) is 7.66. The van der Waals surface area contributed by atoms with E-state index in [4.69, 9.17) is 14.7 Å². The Labute approximate surface area is 248 Å². The first-order chi connectivity index (χ1) is 20.2. The molecule has 2 atom stereocenters. The van der Waals surface area contributed by atoms with Gasteiger partial charge in [0.1, 0.15) is 0 Å². The second-order valence-electron chi connectivity index (χ2n) is 12.4. The second-order valence-corrected chi connectivity index (χ2v) is 12.4. The minimum absolute atomic E-state index is 0.303. The predicted molar refractivity (Wildman–Crippen MR) is 168 cm³/mol. The Bertz CT molecular complexity index is 1510. The molecule has 2 bridgehead atoms. The fourth-order valence-electron chi connectivity index (χ4n) is 6.21. The summed E-state index contributed by atoms with van der Waals surface area (Å²) in [7, 11) is 8.22. The molecule has 10 heteroatoms. The van der Waals surface area contributed by atoms with E-state index < -0.39 is 0 Å². The Morgan fingerprint density at radius 2 is 1.93 bits per heavy atom. The van der Waals surface area contributed by atoms with Crippen LogP contribution in [0.25, 0.3) is 11.3 Å². The predicted octanol–water partition coefficient (Wildman–Crippen LogP) is 4.80. The number of likely N-dealkylation sites (N-methyl/N-ethyl adjacent to an activating group) is 2. The summed E-state index contributed by atoms with van der Waals surface area (Å²) in [5, 5.41) is 7.91. The van der Waals surface area contributed by atoms with Crippen LogP contribution in [0.4, 0.5) is 17.1 Å². The van der Waals surface area contributed by atoms with E-state index >= 15 is 0 Å². The van der Waals surface area contributed by atoms with Gasteiger partial charge in [0.25, 0.3) is 5.91 Å². The van der Waals surface area contributed by atoms with Crippen LogP contribution >= 0.6 is 0 Å². The smallest absolute Gasteiger partial charge is 0.280 e. The molecule has 0 unspecified atom stereocenters. The zero-order valence-electron chi connectivity index (χ0n) is 25.6. The van der Waals surface area contributed by atoms with E-state index in [1.165, 1.54) is 12.8 Å². The minimum atomic E-state index is -0.303. The minimum Gasteiger partial charge on any atom is -0.477 e. The van der Waals surface area contributed by atoms with Gasteiger partial charge in [0.15, 0.2) is 0 Å². The van der Waals surface area contributed by atoms with Crippen LogP contribution in [-0.4, -0.2) is 78.4 Å². The first kappa shape index (κ1) is 28.2. The molecule has 3 aromatic rings. The van der Waals surface area contributed by atoms with Gasteiger partial charge in [-0.25, -0.2) is 4.68 Å². The second kappa shape index (κ2) is 11.4. The number of guanidine groups is 1. The summed E-state index contributed by atoms with van der Waals surface area (Å²) in [6.45, 7) is 6.49. The molecule has 0 radical (unpaired) electrons. The fraction of sp³-hybridized carbons (Fsp3) is 0.500. The maximum Gasteiger partial charge on any atom is 0.280 e. The molecular weight excluding hydrogens is 528 g/mol. The number of nitrogens with zero attached hydrogens (tertiary/aromatic N) is 7. The van der Waals surface area contributed by atoms with Gasteiger partial charge in [-0.1, -0.05) is 0 Å². The van der Waals surface area contributed by atoms with Gasteiger partial charge in [-0.3, -0.25) is 9.78 Å². The van der Waals surface area contributed by atoms with Crippen LogP contribution in [-0.2, 0) is 7.05 Å². The lowest BCUT2D eigenvalue weighted by Gasteiger charge is -2.30. The van der Waals surface area contributed by atoms with Crippen LogP contribution in [0, 0.1) is 18.8 Å². The number of pyridine rings is 1. The maximum absolute atomic E-state index is 13.7. The third kappa shape index (κ3) is 5.72. The molecule has 2 aromatic heterocycles. The number of carbonyl (C=O) groups is 1. The molecule has 0 saturated heterocycles. The molecule has 1 N–H and O–H groups in total. The molecule has 222 valence electrons. The van der Waals surface area contributed by atoms with Crippen molar-refractivity contribution in [2.24, 2.45) is 23.9 Å². The number of amides is 1. The number of aryl methyl sites for hydroxylation is 2. The molecule has 2 aliphatic heterocycles. The van der Waals surface area contributed by atoms with Gasteiger partial charge in [0.2, 0.25) is 11.8 Å². The standard InChI is InChI=1S/C32H42N8O2/c1-20-14-24-15-28(34-20)26-17-33-39(6)31(26)42-13-7-8-23(22-9-10-22)19-40-29-16-25(38(5)21(2)18-37(3)4)11-12-27(29)35-32(40)36-30(24)41/h11-12,14-17,21-23H,7-10,13,18-19H2,1-6H3,(H,35,36,41)/t21-,23-/m1/s1. The first-order valence-electron chi connectivity index (χ1n) is 15.0. The van der Waals surface area contributed by atoms with Gasteiger partial charge in [-0.05, 0) is 95.8 Å². The molecular formula is C32H42N8O2. The summed E-state index contributed by atoms with van der Waals surface area (Å²) < 4.78 is 8.03. The molecule has 1 amide bonds. The largest absolute Gasteiger partial charge is 0.477 e. The van der Waals surface area contributed by atoms with Crippen LogP contribution in [0.3, 0.4) is 0 Å². The molecule has 4 heterocycles. The van der Waals surface area contributed by atoms with Crippen molar-refractivity contribution in [3.05, 3.63) is 47.8 Å². The van der Waals surface area contributed by atoms with Gasteiger partial charge in [-0.15, -0.1) is 0 Å². The van der Waals surface area contributed by atoms with Crippen LogP contribution in [0.5, 0.6) is 5.88 Å². The maximum atomic E-state index is 13.7. The Balaban J connectivity index is 1.40. The van der Waals surface area contributed by atoms with Gasteiger partial charge in [-0.2, -0.15) is 10.1 Å². The van der Waals surface area contributed by atoms with Crippen LogP contribution in [0.15, 0.2) is 41.5 Å². The number of aliphatic imine (C=N–C) groups is 1. The number of aromatic nitrogens is 3. The van der Waals surface area contributed by atoms with Crippen molar-refractivity contribution in [1.29, 1.82) is 0 Å². The number of rotatable bonds is 5. The molecule has 1 aliphatic carbocycles. The molecule has 1 saturated carbocycles. The van der Waals surface area contributed by atoms with E-state index in [2.05, 4.69) is 71.4 Å². The van der Waals surface area contributed by atoms with Gasteiger partial charge < -0.3 is 24.8 Å². The summed E-state index contributed by atoms with van der Waals surface area (Å²) in [6.07, 6.45) is 6.22. The third-order valence-corrected chi connectivity index (χ3v) is 8.70. The number of hydrogen-bond acceptors (Lipinski definition) is 8. The Morgan fingerprint density at radius 3 is 2.69 bits per heavy atom. The number of hydrogen-bond donors (Lipinski definition) is 1. The number of benzene rings is 1. The van der Waals surface area contributed by atoms with E-state index in [1.54, 1.807) is 23.0 Å². The van der Waals surface area contributed by atoms with Gasteiger partial charge in [0.05, 0.1) is 35.4 Å². The zero-order chi connectivity index (χ0) is 29.5. The third-order valence-electron chi connectivity index (χ3n) is 8.70. The van der Waals surface area contributed by atoms with Crippen LogP contribution in [0.2, 0.25) is 0 Å². The first-order valence-corrected chi connectivity index (χ1v) is 15.0. The average Bonchev–Trinajstić information content (AvgIpc) is 3.65. The number of fused-ring (bicyclic) bond motifs is 7. The van der Waals surface area contributed by atoms with Crippen molar-refractivity contribution in [3.8, 4) is 17.1 Å². The topological polar surface area (TPSA) is 91.1 Å². The van der Waals surface area contributed by atoms with E-state index in [0.717, 1.165) is 54.3 Å². The summed E-state index contributed by atoms with van der Waals surface area (Å²) in [6, 6.07) is 10.4. The lowest BCUT2D eigenvalue weighted by Crippen LogP contribution is -2.38. The highest BCUT2D eigenvalue weighted by molar-refractivity contribution is 6.19. The molecule has 10 nitrogen and oxygen atoms in total. The summed E-state index contributed by atoms with van der Waals surface area (Å²) >= 11 is 0. The molecule has 1 fully saturated rings. The number of nitrogens with one attached hydrogen (secondary N) is 1. The highest BCUT2D eigenvalue weighted by Gasteiger charge is 2.36.